The molecule has 1 heterocycles. The second-order valence-corrected chi connectivity index (χ2v) is 4.72. The summed E-state index contributed by atoms with van der Waals surface area (Å²) in [5, 5.41) is 11.9. The molecule has 0 radical (unpaired) electrons. The number of hydrogen-bond acceptors (Lipinski definition) is 3. The lowest BCUT2D eigenvalue weighted by atomic mass is 9.79. The normalized spacial score (nSPS) is 11.4. The van der Waals surface area contributed by atoms with Crippen LogP contribution >= 0.6 is 0 Å². The molecule has 4 nitrogen and oxygen atoms in total. The molecule has 0 atom stereocenters. The summed E-state index contributed by atoms with van der Waals surface area (Å²) in [7, 11) is 0. The summed E-state index contributed by atoms with van der Waals surface area (Å²) >= 11 is 0. The molecule has 106 valence electrons. The van der Waals surface area contributed by atoms with Crippen molar-refractivity contribution in [3.8, 4) is 0 Å². The smallest absolute Gasteiger partial charge is 0.254 e. The number of amides is 1. The minimum Gasteiger partial charge on any atom is -0.396 e. The molecule has 0 saturated heterocycles. The summed E-state index contributed by atoms with van der Waals surface area (Å²) < 4.78 is 13.4. The van der Waals surface area contributed by atoms with Gasteiger partial charge in [-0.2, -0.15) is 0 Å². The van der Waals surface area contributed by atoms with Gasteiger partial charge in [-0.1, -0.05) is 13.8 Å². The van der Waals surface area contributed by atoms with Crippen molar-refractivity contribution < 1.29 is 14.3 Å². The zero-order valence-electron chi connectivity index (χ0n) is 11.4. The Morgan fingerprint density at radius 2 is 2.16 bits per heavy atom. The molecule has 19 heavy (non-hydrogen) atoms. The first-order valence-corrected chi connectivity index (χ1v) is 6.57. The third kappa shape index (κ3) is 3.99. The van der Waals surface area contributed by atoms with Gasteiger partial charge in [0.2, 0.25) is 0 Å². The van der Waals surface area contributed by atoms with Crippen LogP contribution in [0.3, 0.4) is 0 Å². The topological polar surface area (TPSA) is 62.2 Å². The summed E-state index contributed by atoms with van der Waals surface area (Å²) in [4.78, 5) is 15.5. The molecule has 0 spiro atoms. The van der Waals surface area contributed by atoms with Crippen molar-refractivity contribution in [2.45, 2.75) is 33.1 Å². The Morgan fingerprint density at radius 1 is 1.47 bits per heavy atom. The highest BCUT2D eigenvalue weighted by Crippen LogP contribution is 2.29. The van der Waals surface area contributed by atoms with Crippen molar-refractivity contribution in [1.82, 2.24) is 10.3 Å². The maximum atomic E-state index is 13.4. The van der Waals surface area contributed by atoms with E-state index in [1.807, 2.05) is 13.8 Å². The maximum absolute atomic E-state index is 13.4. The van der Waals surface area contributed by atoms with Crippen molar-refractivity contribution in [3.63, 3.8) is 0 Å². The summed E-state index contributed by atoms with van der Waals surface area (Å²) in [6.07, 6.45) is 4.74. The van der Waals surface area contributed by atoms with E-state index in [0.717, 1.165) is 19.0 Å². The molecule has 0 aliphatic carbocycles. The molecule has 0 aliphatic heterocycles. The summed E-state index contributed by atoms with van der Waals surface area (Å²) in [6.45, 7) is 4.57. The van der Waals surface area contributed by atoms with Crippen LogP contribution in [-0.4, -0.2) is 29.1 Å². The average Bonchev–Trinajstić information content (AvgIpc) is 2.44. The third-order valence-electron chi connectivity index (χ3n) is 3.78. The predicted octanol–water partition coefficient (Wildman–Crippen LogP) is 2.14. The molecule has 0 unspecified atom stereocenters. The highest BCUT2D eigenvalue weighted by atomic mass is 19.1. The molecule has 1 aromatic heterocycles. The van der Waals surface area contributed by atoms with Gasteiger partial charge in [0.25, 0.3) is 5.91 Å². The second-order valence-electron chi connectivity index (χ2n) is 4.72. The quantitative estimate of drug-likeness (QED) is 0.796. The zero-order valence-corrected chi connectivity index (χ0v) is 11.4. The van der Waals surface area contributed by atoms with Gasteiger partial charge in [-0.05, 0) is 30.7 Å². The Morgan fingerprint density at radius 3 is 2.68 bits per heavy atom. The number of carbonyl (C=O) groups is 1. The van der Waals surface area contributed by atoms with Crippen LogP contribution in [0.2, 0.25) is 0 Å². The molecule has 1 rings (SSSR count). The fourth-order valence-corrected chi connectivity index (χ4v) is 2.10. The molecular weight excluding hydrogens is 247 g/mol. The van der Waals surface area contributed by atoms with E-state index >= 15 is 0 Å². The van der Waals surface area contributed by atoms with E-state index in [4.69, 9.17) is 5.11 Å². The fraction of sp³-hybridized carbons (Fsp3) is 0.571. The second kappa shape index (κ2) is 7.19. The number of nitrogens with one attached hydrogen (secondary N) is 1. The number of aliphatic hydroxyl groups is 1. The monoisotopic (exact) mass is 268 g/mol. The Labute approximate surface area is 113 Å². The Balaban J connectivity index is 2.70. The first-order valence-electron chi connectivity index (χ1n) is 6.57. The maximum Gasteiger partial charge on any atom is 0.254 e. The van der Waals surface area contributed by atoms with Crippen molar-refractivity contribution in [2.75, 3.05) is 13.2 Å². The van der Waals surface area contributed by atoms with E-state index < -0.39 is 11.7 Å². The molecule has 0 saturated carbocycles. The van der Waals surface area contributed by atoms with E-state index in [2.05, 4.69) is 10.3 Å². The van der Waals surface area contributed by atoms with Crippen LogP contribution in [0.15, 0.2) is 18.5 Å². The first kappa shape index (κ1) is 15.6. The average molecular weight is 268 g/mol. The number of nitrogens with zero attached hydrogens (tertiary/aromatic N) is 1. The fourth-order valence-electron chi connectivity index (χ4n) is 2.10. The molecule has 5 heteroatoms. The van der Waals surface area contributed by atoms with Gasteiger partial charge in [0.1, 0.15) is 0 Å². The Bertz CT molecular complexity index is 420. The molecule has 0 fully saturated rings. The lowest BCUT2D eigenvalue weighted by Gasteiger charge is -2.31. The van der Waals surface area contributed by atoms with Crippen LogP contribution in [-0.2, 0) is 0 Å². The molecule has 0 aromatic carbocycles. The highest BCUT2D eigenvalue weighted by molar-refractivity contribution is 5.94. The number of hydrogen-bond donors (Lipinski definition) is 2. The standard InChI is InChI=1S/C14H21FN2O2/c1-3-14(4-2,6-8-18)10-17-13(19)11-5-7-16-9-12(11)15/h5,7,9,18H,3-4,6,8,10H2,1-2H3,(H,17,19). The first-order chi connectivity index (χ1) is 9.08. The van der Waals surface area contributed by atoms with Crippen molar-refractivity contribution >= 4 is 5.91 Å². The molecule has 0 bridgehead atoms. The van der Waals surface area contributed by atoms with Gasteiger partial charge in [-0.3, -0.25) is 9.78 Å². The van der Waals surface area contributed by atoms with Gasteiger partial charge in [0, 0.05) is 19.3 Å². The lowest BCUT2D eigenvalue weighted by molar-refractivity contribution is 0.0903. The molecule has 2 N–H and O–H groups in total. The van der Waals surface area contributed by atoms with Crippen LogP contribution in [0.4, 0.5) is 4.39 Å². The Hall–Kier alpha value is -1.49. The lowest BCUT2D eigenvalue weighted by Crippen LogP contribution is -2.38. The van der Waals surface area contributed by atoms with Crippen molar-refractivity contribution in [3.05, 3.63) is 29.8 Å². The zero-order chi connectivity index (χ0) is 14.3. The predicted molar refractivity (Wildman–Crippen MR) is 71.2 cm³/mol. The summed E-state index contributed by atoms with van der Waals surface area (Å²) in [6, 6.07) is 1.36. The van der Waals surface area contributed by atoms with Crippen LogP contribution in [0.25, 0.3) is 0 Å². The van der Waals surface area contributed by atoms with Crippen LogP contribution < -0.4 is 5.32 Å². The molecular formula is C14H21FN2O2. The van der Waals surface area contributed by atoms with Crippen LogP contribution in [0, 0.1) is 11.2 Å². The van der Waals surface area contributed by atoms with Gasteiger partial charge in [0.05, 0.1) is 11.8 Å². The van der Waals surface area contributed by atoms with E-state index in [0.29, 0.717) is 13.0 Å². The van der Waals surface area contributed by atoms with Crippen LogP contribution in [0.1, 0.15) is 43.5 Å². The third-order valence-corrected chi connectivity index (χ3v) is 3.78. The van der Waals surface area contributed by atoms with Gasteiger partial charge in [-0.15, -0.1) is 0 Å². The van der Waals surface area contributed by atoms with E-state index in [1.54, 1.807) is 0 Å². The van der Waals surface area contributed by atoms with Crippen molar-refractivity contribution in [2.24, 2.45) is 5.41 Å². The minimum atomic E-state index is -0.624. The van der Waals surface area contributed by atoms with E-state index in [-0.39, 0.29) is 17.6 Å². The number of halogens is 1. The van der Waals surface area contributed by atoms with E-state index in [9.17, 15) is 9.18 Å². The van der Waals surface area contributed by atoms with Crippen molar-refractivity contribution in [1.29, 1.82) is 0 Å². The van der Waals surface area contributed by atoms with Gasteiger partial charge in [-0.25, -0.2) is 4.39 Å². The number of aromatic nitrogens is 1. The largest absolute Gasteiger partial charge is 0.396 e. The number of carbonyl (C=O) groups excluding carboxylic acids is 1. The van der Waals surface area contributed by atoms with Crippen LogP contribution in [0.5, 0.6) is 0 Å². The SMILES string of the molecule is CCC(CC)(CCO)CNC(=O)c1ccncc1F. The highest BCUT2D eigenvalue weighted by Gasteiger charge is 2.26. The summed E-state index contributed by atoms with van der Waals surface area (Å²) in [5.41, 5.74) is -0.131. The van der Waals surface area contributed by atoms with E-state index in [1.165, 1.54) is 12.3 Å². The molecule has 1 aromatic rings. The minimum absolute atomic E-state index is 0.0000968. The van der Waals surface area contributed by atoms with Gasteiger partial charge >= 0.3 is 0 Å². The number of aliphatic hydroxyl groups excluding tert-OH is 1. The summed E-state index contributed by atoms with van der Waals surface area (Å²) in [5.74, 6) is -1.06. The van der Waals surface area contributed by atoms with Gasteiger partial charge in [0.15, 0.2) is 5.82 Å². The van der Waals surface area contributed by atoms with Gasteiger partial charge < -0.3 is 10.4 Å². The molecule has 1 amide bonds. The molecule has 0 aliphatic rings. The number of pyridine rings is 1. The number of rotatable bonds is 7. The Kier molecular flexibility index (Phi) is 5.89.